The SMILES string of the molecule is CNC(c1c(F)ccc(C)c1F)C1COC(C)C1. The zero-order valence-corrected chi connectivity index (χ0v) is 11.0. The summed E-state index contributed by atoms with van der Waals surface area (Å²) >= 11 is 0. The summed E-state index contributed by atoms with van der Waals surface area (Å²) in [5.74, 6) is -0.832. The summed E-state index contributed by atoms with van der Waals surface area (Å²) in [7, 11) is 1.73. The minimum Gasteiger partial charge on any atom is -0.378 e. The Hall–Kier alpha value is -1.00. The number of benzene rings is 1. The first-order valence-corrected chi connectivity index (χ1v) is 6.28. The van der Waals surface area contributed by atoms with Gasteiger partial charge in [0.2, 0.25) is 0 Å². The Kier molecular flexibility index (Phi) is 3.97. The van der Waals surface area contributed by atoms with E-state index < -0.39 is 11.6 Å². The predicted octanol–water partition coefficient (Wildman–Crippen LogP) is 2.96. The van der Waals surface area contributed by atoms with E-state index in [1.54, 1.807) is 14.0 Å². The number of hydrogen-bond acceptors (Lipinski definition) is 2. The largest absolute Gasteiger partial charge is 0.378 e. The smallest absolute Gasteiger partial charge is 0.133 e. The molecule has 3 unspecified atom stereocenters. The van der Waals surface area contributed by atoms with Gasteiger partial charge in [-0.1, -0.05) is 6.07 Å². The molecule has 1 aromatic carbocycles. The summed E-state index contributed by atoms with van der Waals surface area (Å²) in [6.07, 6.45) is 0.972. The zero-order valence-electron chi connectivity index (χ0n) is 11.0. The second-order valence-electron chi connectivity index (χ2n) is 5.00. The second-order valence-corrected chi connectivity index (χ2v) is 5.00. The lowest BCUT2D eigenvalue weighted by Crippen LogP contribution is -2.28. The van der Waals surface area contributed by atoms with Crippen molar-refractivity contribution in [3.63, 3.8) is 0 Å². The highest BCUT2D eigenvalue weighted by Gasteiger charge is 2.33. The van der Waals surface area contributed by atoms with E-state index in [1.165, 1.54) is 12.1 Å². The molecule has 2 rings (SSSR count). The molecule has 1 aliphatic heterocycles. The number of hydrogen-bond donors (Lipinski definition) is 1. The van der Waals surface area contributed by atoms with Gasteiger partial charge in [0.1, 0.15) is 11.6 Å². The molecule has 0 aromatic heterocycles. The molecule has 0 aliphatic carbocycles. The molecular weight excluding hydrogens is 236 g/mol. The molecule has 1 aromatic rings. The van der Waals surface area contributed by atoms with Gasteiger partial charge >= 0.3 is 0 Å². The quantitative estimate of drug-likeness (QED) is 0.896. The lowest BCUT2D eigenvalue weighted by atomic mass is 9.89. The molecule has 0 amide bonds. The van der Waals surface area contributed by atoms with Gasteiger partial charge in [-0.15, -0.1) is 0 Å². The van der Waals surface area contributed by atoms with Crippen LogP contribution in [-0.4, -0.2) is 19.8 Å². The third kappa shape index (κ3) is 2.40. The van der Waals surface area contributed by atoms with Crippen molar-refractivity contribution in [1.29, 1.82) is 0 Å². The van der Waals surface area contributed by atoms with E-state index in [9.17, 15) is 8.78 Å². The Morgan fingerprint density at radius 3 is 2.67 bits per heavy atom. The summed E-state index contributed by atoms with van der Waals surface area (Å²) < 4.78 is 33.5. The van der Waals surface area contributed by atoms with Crippen LogP contribution < -0.4 is 5.32 Å². The Labute approximate surface area is 106 Å². The van der Waals surface area contributed by atoms with Crippen LogP contribution in [-0.2, 0) is 4.74 Å². The van der Waals surface area contributed by atoms with Crippen LogP contribution in [0.25, 0.3) is 0 Å². The molecule has 18 heavy (non-hydrogen) atoms. The van der Waals surface area contributed by atoms with Crippen molar-refractivity contribution in [2.45, 2.75) is 32.4 Å². The van der Waals surface area contributed by atoms with Crippen molar-refractivity contribution in [3.05, 3.63) is 34.9 Å². The fourth-order valence-electron chi connectivity index (χ4n) is 2.66. The zero-order chi connectivity index (χ0) is 13.3. The second kappa shape index (κ2) is 5.33. The molecule has 1 saturated heterocycles. The Balaban J connectivity index is 2.36. The Bertz CT molecular complexity index is 436. The third-order valence-electron chi connectivity index (χ3n) is 3.64. The van der Waals surface area contributed by atoms with E-state index in [0.717, 1.165) is 6.42 Å². The van der Waals surface area contributed by atoms with Crippen LogP contribution in [0.4, 0.5) is 8.78 Å². The van der Waals surface area contributed by atoms with Crippen molar-refractivity contribution in [2.24, 2.45) is 5.92 Å². The van der Waals surface area contributed by atoms with Gasteiger partial charge < -0.3 is 10.1 Å². The van der Waals surface area contributed by atoms with E-state index in [4.69, 9.17) is 4.74 Å². The number of halogens is 2. The molecule has 1 aliphatic rings. The van der Waals surface area contributed by atoms with Gasteiger partial charge in [-0.25, -0.2) is 8.78 Å². The normalized spacial score (nSPS) is 25.4. The number of nitrogens with one attached hydrogen (secondary N) is 1. The Morgan fingerprint density at radius 1 is 1.39 bits per heavy atom. The molecule has 100 valence electrons. The third-order valence-corrected chi connectivity index (χ3v) is 3.64. The van der Waals surface area contributed by atoms with Gasteiger partial charge in [0.25, 0.3) is 0 Å². The molecule has 1 N–H and O–H groups in total. The maximum atomic E-state index is 14.1. The summed E-state index contributed by atoms with van der Waals surface area (Å²) in [5.41, 5.74) is 0.610. The van der Waals surface area contributed by atoms with E-state index in [1.807, 2.05) is 6.92 Å². The van der Waals surface area contributed by atoms with Crippen LogP contribution >= 0.6 is 0 Å². The van der Waals surface area contributed by atoms with Crippen LogP contribution in [0.2, 0.25) is 0 Å². The highest BCUT2D eigenvalue weighted by Crippen LogP contribution is 2.34. The first-order valence-electron chi connectivity index (χ1n) is 6.28. The molecule has 3 atom stereocenters. The number of ether oxygens (including phenoxy) is 1. The molecule has 2 nitrogen and oxygen atoms in total. The molecular formula is C14H19F2NO. The van der Waals surface area contributed by atoms with Crippen LogP contribution in [0.5, 0.6) is 0 Å². The van der Waals surface area contributed by atoms with Crippen LogP contribution in [0.3, 0.4) is 0 Å². The van der Waals surface area contributed by atoms with Crippen LogP contribution in [0.15, 0.2) is 12.1 Å². The van der Waals surface area contributed by atoms with Gasteiger partial charge in [-0.2, -0.15) is 0 Å². The fourth-order valence-corrected chi connectivity index (χ4v) is 2.66. The Morgan fingerprint density at radius 2 is 2.11 bits per heavy atom. The average Bonchev–Trinajstić information content (AvgIpc) is 2.76. The maximum Gasteiger partial charge on any atom is 0.133 e. The van der Waals surface area contributed by atoms with Crippen LogP contribution in [0, 0.1) is 24.5 Å². The molecule has 0 bridgehead atoms. The molecule has 4 heteroatoms. The van der Waals surface area contributed by atoms with Crippen molar-refractivity contribution in [1.82, 2.24) is 5.32 Å². The van der Waals surface area contributed by atoms with Crippen LogP contribution in [0.1, 0.15) is 30.5 Å². The molecule has 1 heterocycles. The molecule has 0 saturated carbocycles. The van der Waals surface area contributed by atoms with E-state index >= 15 is 0 Å². The monoisotopic (exact) mass is 255 g/mol. The lowest BCUT2D eigenvalue weighted by Gasteiger charge is -2.24. The van der Waals surface area contributed by atoms with Crippen molar-refractivity contribution >= 4 is 0 Å². The molecule has 0 spiro atoms. The summed E-state index contributed by atoms with van der Waals surface area (Å²) in [6, 6.07) is 2.46. The van der Waals surface area contributed by atoms with Gasteiger partial charge in [0.15, 0.2) is 0 Å². The molecule has 0 radical (unpaired) electrons. The predicted molar refractivity (Wildman–Crippen MR) is 66.4 cm³/mol. The van der Waals surface area contributed by atoms with Crippen molar-refractivity contribution in [2.75, 3.05) is 13.7 Å². The summed E-state index contributed by atoms with van der Waals surface area (Å²) in [6.45, 7) is 4.17. The summed E-state index contributed by atoms with van der Waals surface area (Å²) in [4.78, 5) is 0. The highest BCUT2D eigenvalue weighted by molar-refractivity contribution is 5.30. The minimum atomic E-state index is -0.489. The molecule has 1 fully saturated rings. The van der Waals surface area contributed by atoms with Crippen molar-refractivity contribution < 1.29 is 13.5 Å². The van der Waals surface area contributed by atoms with E-state index in [2.05, 4.69) is 5.32 Å². The van der Waals surface area contributed by atoms with Gasteiger partial charge in [-0.05, 0) is 38.9 Å². The fraction of sp³-hybridized carbons (Fsp3) is 0.571. The summed E-state index contributed by atoms with van der Waals surface area (Å²) in [5, 5.41) is 3.03. The van der Waals surface area contributed by atoms with Gasteiger partial charge in [0.05, 0.1) is 12.7 Å². The first kappa shape index (κ1) is 13.4. The standard InChI is InChI=1S/C14H19F2NO/c1-8-4-5-11(15)12(13(8)16)14(17-3)10-6-9(2)18-7-10/h4-5,9-10,14,17H,6-7H2,1-3H3. The number of rotatable bonds is 3. The maximum absolute atomic E-state index is 14.1. The van der Waals surface area contributed by atoms with Gasteiger partial charge in [-0.3, -0.25) is 0 Å². The lowest BCUT2D eigenvalue weighted by molar-refractivity contribution is 0.117. The highest BCUT2D eigenvalue weighted by atomic mass is 19.1. The minimum absolute atomic E-state index is 0.107. The average molecular weight is 255 g/mol. The van der Waals surface area contributed by atoms with E-state index in [0.29, 0.717) is 12.2 Å². The van der Waals surface area contributed by atoms with Crippen molar-refractivity contribution in [3.8, 4) is 0 Å². The topological polar surface area (TPSA) is 21.3 Å². The number of aryl methyl sites for hydroxylation is 1. The van der Waals surface area contributed by atoms with E-state index in [-0.39, 0.29) is 23.6 Å². The van der Waals surface area contributed by atoms with Gasteiger partial charge in [0, 0.05) is 17.5 Å². The first-order chi connectivity index (χ1) is 8.54.